The van der Waals surface area contributed by atoms with Gasteiger partial charge in [-0.25, -0.2) is 9.48 Å². The maximum Gasteiger partial charge on any atom is 0.328 e. The van der Waals surface area contributed by atoms with E-state index in [0.717, 1.165) is 11.3 Å². The Hall–Kier alpha value is -3.42. The molecule has 0 saturated heterocycles. The maximum atomic E-state index is 12.5. The lowest BCUT2D eigenvalue weighted by atomic mass is 10.2. The quantitative estimate of drug-likeness (QED) is 0.750. The van der Waals surface area contributed by atoms with Crippen molar-refractivity contribution < 1.29 is 4.79 Å². The van der Waals surface area contributed by atoms with Gasteiger partial charge < -0.3 is 9.47 Å². The summed E-state index contributed by atoms with van der Waals surface area (Å²) in [4.78, 5) is 39.2. The second-order valence-corrected chi connectivity index (χ2v) is 5.69. The normalized spacial score (nSPS) is 10.6. The van der Waals surface area contributed by atoms with Crippen LogP contribution in [-0.2, 0) is 13.6 Å². The summed E-state index contributed by atoms with van der Waals surface area (Å²) >= 11 is 0. The number of aromatic amines is 1. The number of aromatic nitrogens is 4. The van der Waals surface area contributed by atoms with Gasteiger partial charge in [0.05, 0.1) is 5.69 Å². The molecular weight excluding hydrogens is 322 g/mol. The first-order valence-electron chi connectivity index (χ1n) is 7.60. The van der Waals surface area contributed by atoms with Crippen LogP contribution in [0.15, 0.2) is 58.5 Å². The first kappa shape index (κ1) is 16.4. The highest BCUT2D eigenvalue weighted by Gasteiger charge is 2.17. The molecule has 1 aromatic carbocycles. The van der Waals surface area contributed by atoms with Gasteiger partial charge in [-0.2, -0.15) is 5.10 Å². The molecule has 0 spiro atoms. The summed E-state index contributed by atoms with van der Waals surface area (Å²) in [6.07, 6.45) is 4.79. The van der Waals surface area contributed by atoms with Crippen LogP contribution in [0.1, 0.15) is 15.9 Å². The molecule has 0 fully saturated rings. The Bertz CT molecular complexity index is 1000. The zero-order valence-corrected chi connectivity index (χ0v) is 13.8. The van der Waals surface area contributed by atoms with Crippen LogP contribution in [-0.4, -0.2) is 37.2 Å². The summed E-state index contributed by atoms with van der Waals surface area (Å²) < 4.78 is 2.91. The molecule has 0 saturated carbocycles. The number of carbonyl (C=O) groups is 1. The van der Waals surface area contributed by atoms with Crippen molar-refractivity contribution in [2.45, 2.75) is 6.54 Å². The van der Waals surface area contributed by atoms with Gasteiger partial charge in [-0.05, 0) is 23.8 Å². The van der Waals surface area contributed by atoms with E-state index in [1.165, 1.54) is 22.7 Å². The fraction of sp³-hybridized carbons (Fsp3) is 0.176. The van der Waals surface area contributed by atoms with Gasteiger partial charge in [0.15, 0.2) is 0 Å². The molecule has 3 rings (SSSR count). The minimum Gasteiger partial charge on any atom is -0.337 e. The highest BCUT2D eigenvalue weighted by atomic mass is 16.2. The molecule has 2 heterocycles. The van der Waals surface area contributed by atoms with E-state index in [1.54, 1.807) is 17.9 Å². The third-order valence-electron chi connectivity index (χ3n) is 3.81. The summed E-state index contributed by atoms with van der Waals surface area (Å²) in [5, 5.41) is 4.16. The fourth-order valence-electron chi connectivity index (χ4n) is 2.44. The third-order valence-corrected chi connectivity index (χ3v) is 3.81. The zero-order chi connectivity index (χ0) is 18.0. The molecule has 0 bridgehead atoms. The Morgan fingerprint density at radius 1 is 1.24 bits per heavy atom. The van der Waals surface area contributed by atoms with Gasteiger partial charge in [0.1, 0.15) is 5.56 Å². The smallest absolute Gasteiger partial charge is 0.328 e. The number of rotatable bonds is 4. The van der Waals surface area contributed by atoms with Crippen molar-refractivity contribution in [3.63, 3.8) is 0 Å². The van der Waals surface area contributed by atoms with Crippen LogP contribution < -0.4 is 11.2 Å². The average Bonchev–Trinajstić information content (AvgIpc) is 3.12. The molecule has 128 valence electrons. The van der Waals surface area contributed by atoms with Gasteiger partial charge >= 0.3 is 5.69 Å². The number of hydrogen-bond donors (Lipinski definition) is 1. The Balaban J connectivity index is 1.77. The molecule has 8 heteroatoms. The predicted octanol–water partition coefficient (Wildman–Crippen LogP) is 0.531. The lowest BCUT2D eigenvalue weighted by molar-refractivity contribution is 0.0782. The first-order valence-corrected chi connectivity index (χ1v) is 7.60. The average molecular weight is 339 g/mol. The number of benzene rings is 1. The highest BCUT2D eigenvalue weighted by Crippen LogP contribution is 2.11. The Kier molecular flexibility index (Phi) is 4.34. The van der Waals surface area contributed by atoms with Crippen LogP contribution in [0, 0.1) is 0 Å². The Morgan fingerprint density at radius 3 is 2.60 bits per heavy atom. The number of H-pyrrole nitrogens is 1. The Labute approximate surface area is 143 Å². The predicted molar refractivity (Wildman–Crippen MR) is 91.7 cm³/mol. The number of nitrogens with one attached hydrogen (secondary N) is 1. The molecule has 0 aliphatic rings. The van der Waals surface area contributed by atoms with E-state index in [9.17, 15) is 14.4 Å². The monoisotopic (exact) mass is 339 g/mol. The van der Waals surface area contributed by atoms with E-state index in [-0.39, 0.29) is 5.56 Å². The highest BCUT2D eigenvalue weighted by molar-refractivity contribution is 5.93. The van der Waals surface area contributed by atoms with Crippen LogP contribution in [0.5, 0.6) is 0 Å². The van der Waals surface area contributed by atoms with Crippen LogP contribution in [0.2, 0.25) is 0 Å². The summed E-state index contributed by atoms with van der Waals surface area (Å²) in [7, 11) is 3.08. The van der Waals surface area contributed by atoms with E-state index in [4.69, 9.17) is 0 Å². The molecule has 1 amide bonds. The van der Waals surface area contributed by atoms with Gasteiger partial charge in [-0.3, -0.25) is 14.6 Å². The van der Waals surface area contributed by atoms with Crippen molar-refractivity contribution in [3.05, 3.63) is 80.9 Å². The lowest BCUT2D eigenvalue weighted by Gasteiger charge is -2.17. The van der Waals surface area contributed by atoms with Gasteiger partial charge in [-0.1, -0.05) is 12.1 Å². The fourth-order valence-corrected chi connectivity index (χ4v) is 2.44. The van der Waals surface area contributed by atoms with Crippen molar-refractivity contribution >= 4 is 5.91 Å². The van der Waals surface area contributed by atoms with Crippen LogP contribution >= 0.6 is 0 Å². The van der Waals surface area contributed by atoms with Crippen LogP contribution in [0.3, 0.4) is 0 Å². The molecule has 8 nitrogen and oxygen atoms in total. The second kappa shape index (κ2) is 6.60. The number of nitrogens with zero attached hydrogens (tertiary/aromatic N) is 4. The summed E-state index contributed by atoms with van der Waals surface area (Å²) in [5.41, 5.74) is 0.510. The standard InChI is InChI=1S/C17H17N5O3/c1-20(16(24)14-11-21(2)17(25)19-15(14)23)10-12-4-6-13(7-5-12)22-9-3-8-18-22/h3-9,11H,10H2,1-2H3,(H,19,23,25). The summed E-state index contributed by atoms with van der Waals surface area (Å²) in [6, 6.07) is 9.43. The van der Waals surface area contributed by atoms with E-state index in [0.29, 0.717) is 6.54 Å². The van der Waals surface area contributed by atoms with Crippen molar-refractivity contribution in [2.24, 2.45) is 7.05 Å². The van der Waals surface area contributed by atoms with Gasteiger partial charge in [-0.15, -0.1) is 0 Å². The van der Waals surface area contributed by atoms with Crippen molar-refractivity contribution in [1.29, 1.82) is 0 Å². The molecule has 0 unspecified atom stereocenters. The SMILES string of the molecule is CN(Cc1ccc(-n2cccn2)cc1)C(=O)c1cn(C)c(=O)[nH]c1=O. The molecule has 0 radical (unpaired) electrons. The first-order chi connectivity index (χ1) is 12.0. The maximum absolute atomic E-state index is 12.5. The van der Waals surface area contributed by atoms with E-state index in [1.807, 2.05) is 36.5 Å². The molecule has 3 aromatic rings. The number of aryl methyl sites for hydroxylation is 1. The largest absolute Gasteiger partial charge is 0.337 e. The summed E-state index contributed by atoms with van der Waals surface area (Å²) in [6.45, 7) is 0.334. The molecule has 25 heavy (non-hydrogen) atoms. The van der Waals surface area contributed by atoms with Crippen molar-refractivity contribution in [1.82, 2.24) is 24.2 Å². The van der Waals surface area contributed by atoms with E-state index < -0.39 is 17.2 Å². The molecule has 2 aromatic heterocycles. The lowest BCUT2D eigenvalue weighted by Crippen LogP contribution is -2.36. The zero-order valence-electron chi connectivity index (χ0n) is 13.8. The van der Waals surface area contributed by atoms with E-state index in [2.05, 4.69) is 10.1 Å². The van der Waals surface area contributed by atoms with E-state index >= 15 is 0 Å². The van der Waals surface area contributed by atoms with Crippen LogP contribution in [0.25, 0.3) is 5.69 Å². The number of hydrogen-bond acceptors (Lipinski definition) is 4. The minimum absolute atomic E-state index is 0.0715. The molecule has 1 N–H and O–H groups in total. The molecule has 0 aliphatic heterocycles. The summed E-state index contributed by atoms with van der Waals surface area (Å²) in [5.74, 6) is -0.451. The van der Waals surface area contributed by atoms with Crippen LogP contribution in [0.4, 0.5) is 0 Å². The molecular formula is C17H17N5O3. The van der Waals surface area contributed by atoms with Gasteiger partial charge in [0.2, 0.25) is 0 Å². The second-order valence-electron chi connectivity index (χ2n) is 5.69. The van der Waals surface area contributed by atoms with Gasteiger partial charge in [0.25, 0.3) is 11.5 Å². The molecule has 0 atom stereocenters. The topological polar surface area (TPSA) is 93.0 Å². The minimum atomic E-state index is -0.686. The van der Waals surface area contributed by atoms with Crippen molar-refractivity contribution in [2.75, 3.05) is 7.05 Å². The number of carbonyl (C=O) groups excluding carboxylic acids is 1. The van der Waals surface area contributed by atoms with Crippen molar-refractivity contribution in [3.8, 4) is 5.69 Å². The Morgan fingerprint density at radius 2 is 1.96 bits per heavy atom. The number of amides is 1. The van der Waals surface area contributed by atoms with Gasteiger partial charge in [0, 0.05) is 39.2 Å². The molecule has 0 aliphatic carbocycles. The third kappa shape index (κ3) is 3.42.